The molecule has 0 saturated heterocycles. The third-order valence-corrected chi connectivity index (χ3v) is 7.19. The molecule has 2 aromatic carbocycles. The lowest BCUT2D eigenvalue weighted by Crippen LogP contribution is -2.43. The van der Waals surface area contributed by atoms with Crippen molar-refractivity contribution in [3.8, 4) is 11.1 Å². The van der Waals surface area contributed by atoms with Gasteiger partial charge in [0, 0.05) is 12.0 Å². The fourth-order valence-electron chi connectivity index (χ4n) is 5.57. The van der Waals surface area contributed by atoms with E-state index in [0.29, 0.717) is 0 Å². The number of carboxylic acids is 1. The van der Waals surface area contributed by atoms with Crippen molar-refractivity contribution < 1.29 is 19.4 Å². The van der Waals surface area contributed by atoms with Gasteiger partial charge in [-0.2, -0.15) is 0 Å². The van der Waals surface area contributed by atoms with Gasteiger partial charge in [0.05, 0.1) is 6.42 Å². The number of hydrogen-bond donors (Lipinski definition) is 2. The molecule has 0 radical (unpaired) electrons. The number of hydrogen-bond acceptors (Lipinski definition) is 3. The summed E-state index contributed by atoms with van der Waals surface area (Å²) in [5.74, 6) is 0.913. The van der Waals surface area contributed by atoms with E-state index < -0.39 is 12.1 Å². The molecule has 5 nitrogen and oxygen atoms in total. The van der Waals surface area contributed by atoms with Crippen LogP contribution in [0.1, 0.15) is 49.1 Å². The number of alkyl carbamates (subject to hydrolysis) is 1. The number of ether oxygens (including phenoxy) is 1. The van der Waals surface area contributed by atoms with Crippen LogP contribution in [0.15, 0.2) is 48.5 Å². The Morgan fingerprint density at radius 1 is 0.967 bits per heavy atom. The summed E-state index contributed by atoms with van der Waals surface area (Å²) in [6, 6.07) is 16.1. The standard InChI is InChI=1S/C25H27NO4/c27-24(28)13-23(16-10-9-15-11-17(15)12-16)26-25(29)30-14-22-20-7-3-1-5-18(20)19-6-2-4-8-21(19)22/h1-8,15-17,22-23H,9-14H2,(H,26,29)(H,27,28)/t15?,16?,17?,23-/m1/s1. The molecule has 0 spiro atoms. The van der Waals surface area contributed by atoms with E-state index in [2.05, 4.69) is 29.6 Å². The van der Waals surface area contributed by atoms with Gasteiger partial charge >= 0.3 is 12.1 Å². The number of carboxylic acid groups (broad SMARTS) is 1. The van der Waals surface area contributed by atoms with Gasteiger partial charge in [-0.1, -0.05) is 48.5 Å². The molecule has 0 heterocycles. The van der Waals surface area contributed by atoms with Gasteiger partial charge in [-0.05, 0) is 65.7 Å². The van der Waals surface area contributed by atoms with Crippen molar-refractivity contribution in [1.29, 1.82) is 0 Å². The Kier molecular flexibility index (Phi) is 4.97. The van der Waals surface area contributed by atoms with E-state index in [-0.39, 0.29) is 30.9 Å². The van der Waals surface area contributed by atoms with Crippen molar-refractivity contribution in [1.82, 2.24) is 5.32 Å². The Hall–Kier alpha value is -2.82. The third kappa shape index (κ3) is 3.69. The molecule has 2 aromatic rings. The molecule has 30 heavy (non-hydrogen) atoms. The maximum Gasteiger partial charge on any atom is 0.407 e. The Morgan fingerprint density at radius 2 is 1.63 bits per heavy atom. The van der Waals surface area contributed by atoms with Crippen molar-refractivity contribution in [3.63, 3.8) is 0 Å². The van der Waals surface area contributed by atoms with Crippen LogP contribution in [0.4, 0.5) is 4.79 Å². The van der Waals surface area contributed by atoms with Crippen LogP contribution in [-0.4, -0.2) is 29.8 Å². The number of aliphatic carboxylic acids is 1. The molecule has 156 valence electrons. The summed E-state index contributed by atoms with van der Waals surface area (Å²) in [6.45, 7) is 0.245. The molecule has 0 bridgehead atoms. The summed E-state index contributed by atoms with van der Waals surface area (Å²) in [6.07, 6.45) is 3.86. The highest BCUT2D eigenvalue weighted by molar-refractivity contribution is 5.79. The maximum atomic E-state index is 12.6. The molecule has 5 rings (SSSR count). The number of amides is 1. The van der Waals surface area contributed by atoms with Crippen LogP contribution in [0, 0.1) is 17.8 Å². The lowest BCUT2D eigenvalue weighted by molar-refractivity contribution is -0.137. The molecule has 5 heteroatoms. The molecule has 3 aliphatic rings. The van der Waals surface area contributed by atoms with Crippen molar-refractivity contribution >= 4 is 12.1 Å². The predicted molar refractivity (Wildman–Crippen MR) is 113 cm³/mol. The van der Waals surface area contributed by atoms with Crippen LogP contribution >= 0.6 is 0 Å². The largest absolute Gasteiger partial charge is 0.481 e. The minimum absolute atomic E-state index is 0.00276. The van der Waals surface area contributed by atoms with Crippen molar-refractivity contribution in [2.24, 2.45) is 17.8 Å². The first-order valence-corrected chi connectivity index (χ1v) is 10.9. The maximum absolute atomic E-state index is 12.6. The predicted octanol–water partition coefficient (Wildman–Crippen LogP) is 4.80. The second-order valence-corrected chi connectivity index (χ2v) is 9.00. The van der Waals surface area contributed by atoms with E-state index >= 15 is 0 Å². The first kappa shape index (κ1) is 19.2. The fourth-order valence-corrected chi connectivity index (χ4v) is 5.57. The van der Waals surface area contributed by atoms with Gasteiger partial charge in [-0.3, -0.25) is 4.79 Å². The van der Waals surface area contributed by atoms with E-state index in [4.69, 9.17) is 4.74 Å². The topological polar surface area (TPSA) is 75.6 Å². The summed E-state index contributed by atoms with van der Waals surface area (Å²) in [5, 5.41) is 12.2. The van der Waals surface area contributed by atoms with Gasteiger partial charge in [0.15, 0.2) is 0 Å². The Balaban J connectivity index is 1.25. The highest BCUT2D eigenvalue weighted by atomic mass is 16.5. The number of rotatable bonds is 6. The average molecular weight is 405 g/mol. The summed E-state index contributed by atoms with van der Waals surface area (Å²) in [4.78, 5) is 24.0. The molecule has 2 N–H and O–H groups in total. The Morgan fingerprint density at radius 3 is 2.27 bits per heavy atom. The van der Waals surface area contributed by atoms with E-state index in [9.17, 15) is 14.7 Å². The number of benzene rings is 2. The van der Waals surface area contributed by atoms with Crippen LogP contribution in [0.25, 0.3) is 11.1 Å². The van der Waals surface area contributed by atoms with Crippen molar-refractivity contribution in [3.05, 3.63) is 59.7 Å². The smallest absolute Gasteiger partial charge is 0.407 e. The summed E-state index contributed by atoms with van der Waals surface area (Å²) >= 11 is 0. The zero-order valence-corrected chi connectivity index (χ0v) is 16.9. The van der Waals surface area contributed by atoms with Gasteiger partial charge < -0.3 is 15.2 Å². The number of carbonyl (C=O) groups excluding carboxylic acids is 1. The lowest BCUT2D eigenvalue weighted by Gasteiger charge is -2.29. The monoisotopic (exact) mass is 405 g/mol. The Labute approximate surface area is 176 Å². The fraction of sp³-hybridized carbons (Fsp3) is 0.440. The SMILES string of the molecule is O=C(O)C[C@@H](NC(=O)OCC1c2ccccc2-c2ccccc21)C1CCC2CC2C1. The van der Waals surface area contributed by atoms with E-state index in [1.807, 2.05) is 24.3 Å². The number of fused-ring (bicyclic) bond motifs is 4. The van der Waals surface area contributed by atoms with Crippen LogP contribution in [-0.2, 0) is 9.53 Å². The third-order valence-electron chi connectivity index (χ3n) is 7.19. The molecule has 1 amide bonds. The van der Waals surface area contributed by atoms with Crippen LogP contribution in [0.2, 0.25) is 0 Å². The first-order chi connectivity index (χ1) is 14.6. The molecule has 0 aliphatic heterocycles. The normalized spacial score (nSPS) is 24.9. The highest BCUT2D eigenvalue weighted by Gasteiger charge is 2.44. The van der Waals surface area contributed by atoms with E-state index in [1.54, 1.807) is 0 Å². The summed E-state index contributed by atoms with van der Waals surface area (Å²) in [5.41, 5.74) is 4.71. The van der Waals surface area contributed by atoms with E-state index in [0.717, 1.165) is 31.1 Å². The molecule has 0 aromatic heterocycles. The molecule has 3 unspecified atom stereocenters. The van der Waals surface area contributed by atoms with E-state index in [1.165, 1.54) is 28.7 Å². The molecule has 2 fully saturated rings. The van der Waals surface area contributed by atoms with Crippen LogP contribution < -0.4 is 5.32 Å². The first-order valence-electron chi connectivity index (χ1n) is 10.9. The molecule has 3 aliphatic carbocycles. The zero-order chi connectivity index (χ0) is 20.7. The quantitative estimate of drug-likeness (QED) is 0.724. The van der Waals surface area contributed by atoms with Crippen LogP contribution in [0.5, 0.6) is 0 Å². The lowest BCUT2D eigenvalue weighted by atomic mass is 9.82. The van der Waals surface area contributed by atoms with Gasteiger partial charge in [-0.15, -0.1) is 0 Å². The molecule has 2 saturated carbocycles. The van der Waals surface area contributed by atoms with Gasteiger partial charge in [0.1, 0.15) is 6.61 Å². The highest BCUT2D eigenvalue weighted by Crippen LogP contribution is 2.52. The second kappa shape index (κ2) is 7.78. The van der Waals surface area contributed by atoms with Gasteiger partial charge in [-0.25, -0.2) is 4.79 Å². The molecule has 4 atom stereocenters. The van der Waals surface area contributed by atoms with Gasteiger partial charge in [0.25, 0.3) is 0 Å². The van der Waals surface area contributed by atoms with Crippen molar-refractivity contribution in [2.45, 2.75) is 44.1 Å². The second-order valence-electron chi connectivity index (χ2n) is 9.00. The zero-order valence-electron chi connectivity index (χ0n) is 16.9. The number of nitrogens with one attached hydrogen (secondary N) is 1. The minimum Gasteiger partial charge on any atom is -0.481 e. The van der Waals surface area contributed by atoms with Gasteiger partial charge in [0.2, 0.25) is 0 Å². The molecular formula is C25H27NO4. The van der Waals surface area contributed by atoms with Crippen molar-refractivity contribution in [2.75, 3.05) is 6.61 Å². The summed E-state index contributed by atoms with van der Waals surface area (Å²) in [7, 11) is 0. The minimum atomic E-state index is -0.878. The molecular weight excluding hydrogens is 378 g/mol. The summed E-state index contributed by atoms with van der Waals surface area (Å²) < 4.78 is 5.64. The Bertz CT molecular complexity index is 926. The van der Waals surface area contributed by atoms with Crippen LogP contribution in [0.3, 0.4) is 0 Å². The average Bonchev–Trinajstić information content (AvgIpc) is 3.46. The number of carbonyl (C=O) groups is 2.